The summed E-state index contributed by atoms with van der Waals surface area (Å²) in [5.74, 6) is 5.47. The third kappa shape index (κ3) is 4.11. The maximum Gasteiger partial charge on any atom is 0.337 e. The standard InChI is InChI=1S/C24H27NO3/c1-15-18(12-11-17-9-7-6-8-10-17)21(16(2)20-14-25-13-19(15)20)22(23(26)27)28-24(3,4)5/h6-10,22,25H,13-14H2,1-5H3,(H,26,27)/t22-/m0/s1. The molecule has 28 heavy (non-hydrogen) atoms. The molecule has 1 atom stereocenters. The fraction of sp³-hybridized carbons (Fsp3) is 0.375. The van der Waals surface area contributed by atoms with Crippen LogP contribution in [0.15, 0.2) is 30.3 Å². The fourth-order valence-electron chi connectivity index (χ4n) is 3.68. The average Bonchev–Trinajstić information content (AvgIpc) is 3.12. The zero-order chi connectivity index (χ0) is 20.5. The molecule has 0 bridgehead atoms. The van der Waals surface area contributed by atoms with Crippen LogP contribution in [0.3, 0.4) is 0 Å². The molecule has 1 aliphatic rings. The van der Waals surface area contributed by atoms with Gasteiger partial charge in [-0.15, -0.1) is 0 Å². The van der Waals surface area contributed by atoms with Gasteiger partial charge >= 0.3 is 5.97 Å². The van der Waals surface area contributed by atoms with Crippen molar-refractivity contribution in [3.63, 3.8) is 0 Å². The van der Waals surface area contributed by atoms with E-state index in [2.05, 4.69) is 17.2 Å². The number of ether oxygens (including phenoxy) is 1. The van der Waals surface area contributed by atoms with Crippen molar-refractivity contribution in [2.75, 3.05) is 0 Å². The molecule has 0 saturated carbocycles. The molecule has 1 aliphatic heterocycles. The van der Waals surface area contributed by atoms with Gasteiger partial charge in [0.1, 0.15) is 0 Å². The Morgan fingerprint density at radius 1 is 1.07 bits per heavy atom. The van der Waals surface area contributed by atoms with Crippen LogP contribution in [-0.4, -0.2) is 16.7 Å². The van der Waals surface area contributed by atoms with Crippen molar-refractivity contribution >= 4 is 5.97 Å². The summed E-state index contributed by atoms with van der Waals surface area (Å²) < 4.78 is 5.99. The Hall–Kier alpha value is -2.61. The van der Waals surface area contributed by atoms with Crippen molar-refractivity contribution in [2.45, 2.75) is 59.4 Å². The predicted octanol–water partition coefficient (Wildman–Crippen LogP) is 4.25. The predicted molar refractivity (Wildman–Crippen MR) is 110 cm³/mol. The van der Waals surface area contributed by atoms with Crippen molar-refractivity contribution in [1.82, 2.24) is 5.32 Å². The van der Waals surface area contributed by atoms with Gasteiger partial charge in [0.2, 0.25) is 0 Å². The summed E-state index contributed by atoms with van der Waals surface area (Å²) >= 11 is 0. The molecular formula is C24H27NO3. The smallest absolute Gasteiger partial charge is 0.337 e. The third-order valence-corrected chi connectivity index (χ3v) is 4.99. The van der Waals surface area contributed by atoms with E-state index >= 15 is 0 Å². The Balaban J connectivity index is 2.24. The summed E-state index contributed by atoms with van der Waals surface area (Å²) in [6.07, 6.45) is -1.07. The van der Waals surface area contributed by atoms with Crippen LogP contribution in [0.5, 0.6) is 0 Å². The molecule has 0 saturated heterocycles. The van der Waals surface area contributed by atoms with Gasteiger partial charge in [-0.25, -0.2) is 4.79 Å². The highest BCUT2D eigenvalue weighted by Crippen LogP contribution is 2.36. The first kappa shape index (κ1) is 20.1. The average molecular weight is 377 g/mol. The van der Waals surface area contributed by atoms with E-state index in [4.69, 9.17) is 4.74 Å². The van der Waals surface area contributed by atoms with Crippen LogP contribution in [0.2, 0.25) is 0 Å². The van der Waals surface area contributed by atoms with E-state index in [0.717, 1.165) is 35.3 Å². The number of aliphatic carboxylic acids is 1. The van der Waals surface area contributed by atoms with Crippen LogP contribution in [-0.2, 0) is 22.6 Å². The third-order valence-electron chi connectivity index (χ3n) is 4.99. The Morgan fingerprint density at radius 3 is 2.25 bits per heavy atom. The maximum absolute atomic E-state index is 12.2. The number of benzene rings is 2. The van der Waals surface area contributed by atoms with E-state index < -0.39 is 17.7 Å². The lowest BCUT2D eigenvalue weighted by Gasteiger charge is -2.28. The summed E-state index contributed by atoms with van der Waals surface area (Å²) in [7, 11) is 0. The highest BCUT2D eigenvalue weighted by Gasteiger charge is 2.33. The molecule has 146 valence electrons. The quantitative estimate of drug-likeness (QED) is 0.785. The first-order chi connectivity index (χ1) is 13.2. The van der Waals surface area contributed by atoms with E-state index in [9.17, 15) is 9.90 Å². The second-order valence-electron chi connectivity index (χ2n) is 8.16. The van der Waals surface area contributed by atoms with Crippen molar-refractivity contribution in [2.24, 2.45) is 0 Å². The Kier molecular flexibility index (Phi) is 5.60. The van der Waals surface area contributed by atoms with Crippen LogP contribution in [0, 0.1) is 25.7 Å². The minimum atomic E-state index is -1.07. The van der Waals surface area contributed by atoms with Crippen molar-refractivity contribution in [3.05, 3.63) is 69.3 Å². The van der Waals surface area contributed by atoms with Crippen LogP contribution < -0.4 is 5.32 Å². The van der Waals surface area contributed by atoms with E-state index in [-0.39, 0.29) is 0 Å². The molecule has 4 heteroatoms. The molecule has 0 radical (unpaired) electrons. The first-order valence-electron chi connectivity index (χ1n) is 9.52. The number of rotatable bonds is 3. The topological polar surface area (TPSA) is 58.6 Å². The molecule has 0 fully saturated rings. The molecule has 2 aromatic carbocycles. The molecule has 1 heterocycles. The SMILES string of the molecule is Cc1c(C#Cc2ccccc2)c([C@H](OC(C)(C)C)C(=O)O)c(C)c2c1CNC2. The molecule has 0 amide bonds. The lowest BCUT2D eigenvalue weighted by molar-refractivity contribution is -0.160. The molecule has 0 unspecified atom stereocenters. The Labute approximate surface area is 166 Å². The second kappa shape index (κ2) is 7.79. The Morgan fingerprint density at radius 2 is 1.68 bits per heavy atom. The molecule has 2 aromatic rings. The van der Waals surface area contributed by atoms with E-state index in [1.807, 2.05) is 65.0 Å². The van der Waals surface area contributed by atoms with Gasteiger partial charge in [0, 0.05) is 29.8 Å². The van der Waals surface area contributed by atoms with Crippen molar-refractivity contribution < 1.29 is 14.6 Å². The number of nitrogens with one attached hydrogen (secondary N) is 1. The van der Waals surface area contributed by atoms with Crippen molar-refractivity contribution in [3.8, 4) is 11.8 Å². The summed E-state index contributed by atoms with van der Waals surface area (Å²) in [5.41, 5.74) is 6.12. The van der Waals surface area contributed by atoms with Crippen molar-refractivity contribution in [1.29, 1.82) is 0 Å². The van der Waals surface area contributed by atoms with Crippen LogP contribution >= 0.6 is 0 Å². The summed E-state index contributed by atoms with van der Waals surface area (Å²) in [6, 6.07) is 9.73. The minimum Gasteiger partial charge on any atom is -0.479 e. The van der Waals surface area contributed by atoms with Gasteiger partial charge in [0.05, 0.1) is 5.60 Å². The van der Waals surface area contributed by atoms with Gasteiger partial charge in [-0.1, -0.05) is 30.0 Å². The lowest BCUT2D eigenvalue weighted by atomic mass is 9.86. The summed E-state index contributed by atoms with van der Waals surface area (Å²) in [4.78, 5) is 12.2. The molecule has 0 aliphatic carbocycles. The van der Waals surface area contributed by atoms with E-state index in [1.165, 1.54) is 11.1 Å². The number of hydrogen-bond donors (Lipinski definition) is 2. The largest absolute Gasteiger partial charge is 0.479 e. The van der Waals surface area contributed by atoms with Gasteiger partial charge in [-0.3, -0.25) is 0 Å². The van der Waals surface area contributed by atoms with Gasteiger partial charge in [0.15, 0.2) is 6.10 Å². The lowest BCUT2D eigenvalue weighted by Crippen LogP contribution is -2.29. The second-order valence-corrected chi connectivity index (χ2v) is 8.16. The molecule has 3 rings (SSSR count). The minimum absolute atomic E-state index is 0.592. The van der Waals surface area contributed by atoms with Gasteiger partial charge in [-0.05, 0) is 69.0 Å². The highest BCUT2D eigenvalue weighted by molar-refractivity contribution is 5.78. The molecular weight excluding hydrogens is 350 g/mol. The number of hydrogen-bond acceptors (Lipinski definition) is 3. The summed E-state index contributed by atoms with van der Waals surface area (Å²) in [5, 5.41) is 13.4. The first-order valence-corrected chi connectivity index (χ1v) is 9.52. The Bertz CT molecular complexity index is 960. The van der Waals surface area contributed by atoms with Gasteiger partial charge in [0.25, 0.3) is 0 Å². The zero-order valence-corrected chi connectivity index (χ0v) is 17.1. The van der Waals surface area contributed by atoms with E-state index in [0.29, 0.717) is 5.56 Å². The van der Waals surface area contributed by atoms with Gasteiger partial charge in [-0.2, -0.15) is 0 Å². The molecule has 0 spiro atoms. The van der Waals surface area contributed by atoms with Gasteiger partial charge < -0.3 is 15.2 Å². The number of carboxylic acids is 1. The van der Waals surface area contributed by atoms with Crippen LogP contribution in [0.4, 0.5) is 0 Å². The fourth-order valence-corrected chi connectivity index (χ4v) is 3.68. The normalized spacial score (nSPS) is 14.2. The monoisotopic (exact) mass is 377 g/mol. The number of fused-ring (bicyclic) bond motifs is 1. The van der Waals surface area contributed by atoms with Crippen LogP contribution in [0.25, 0.3) is 0 Å². The highest BCUT2D eigenvalue weighted by atomic mass is 16.5. The molecule has 4 nitrogen and oxygen atoms in total. The molecule has 2 N–H and O–H groups in total. The summed E-state index contributed by atoms with van der Waals surface area (Å²) in [6.45, 7) is 11.1. The zero-order valence-electron chi connectivity index (χ0n) is 17.1. The number of carbonyl (C=O) groups is 1. The molecule has 0 aromatic heterocycles. The number of carboxylic acid groups (broad SMARTS) is 1. The maximum atomic E-state index is 12.2. The van der Waals surface area contributed by atoms with E-state index in [1.54, 1.807) is 0 Å². The van der Waals surface area contributed by atoms with Crippen LogP contribution in [0.1, 0.15) is 65.8 Å².